The first-order valence-electron chi connectivity index (χ1n) is 6.11. The average Bonchev–Trinajstić information content (AvgIpc) is 2.46. The molecular weight excluding hydrogens is 198 g/mol. The molecule has 2 rings (SSSR count). The molecule has 0 aliphatic carbocycles. The van der Waals surface area contributed by atoms with Crippen LogP contribution < -0.4 is 5.32 Å². The predicted molar refractivity (Wildman–Crippen MR) is 66.3 cm³/mol. The number of nitrogens with zero attached hydrogens (tertiary/aromatic N) is 2. The Morgan fingerprint density at radius 3 is 3.25 bits per heavy atom. The fourth-order valence-electron chi connectivity index (χ4n) is 2.24. The van der Waals surface area contributed by atoms with E-state index in [0.717, 1.165) is 19.6 Å². The summed E-state index contributed by atoms with van der Waals surface area (Å²) < 4.78 is 0. The van der Waals surface area contributed by atoms with Crippen LogP contribution in [0.25, 0.3) is 0 Å². The van der Waals surface area contributed by atoms with Crippen LogP contribution in [0, 0.1) is 6.92 Å². The first kappa shape index (κ1) is 11.6. The zero-order valence-electron chi connectivity index (χ0n) is 10.2. The van der Waals surface area contributed by atoms with Crippen molar-refractivity contribution in [2.24, 2.45) is 0 Å². The van der Waals surface area contributed by atoms with Gasteiger partial charge in [0.15, 0.2) is 0 Å². The maximum absolute atomic E-state index is 4.21. The van der Waals surface area contributed by atoms with Gasteiger partial charge in [-0.05, 0) is 50.6 Å². The molecule has 3 heteroatoms. The van der Waals surface area contributed by atoms with E-state index in [9.17, 15) is 0 Å². The summed E-state index contributed by atoms with van der Waals surface area (Å²) in [5.41, 5.74) is 2.71. The minimum atomic E-state index is 0.597. The molecule has 0 amide bonds. The maximum atomic E-state index is 4.21. The standard InChI is InChI=1S/C13H21N3/c1-11-4-6-14-8-13(11)10-16-7-3-5-15-12(2)9-16/h4,6,8,12,15H,3,5,7,9-10H2,1-2H3. The van der Waals surface area contributed by atoms with Crippen LogP contribution in [0.2, 0.25) is 0 Å². The van der Waals surface area contributed by atoms with Gasteiger partial charge in [0, 0.05) is 31.5 Å². The zero-order chi connectivity index (χ0) is 11.4. The van der Waals surface area contributed by atoms with Crippen molar-refractivity contribution in [1.29, 1.82) is 0 Å². The van der Waals surface area contributed by atoms with E-state index in [1.807, 2.05) is 12.4 Å². The summed E-state index contributed by atoms with van der Waals surface area (Å²) in [7, 11) is 0. The first-order valence-corrected chi connectivity index (χ1v) is 6.11. The monoisotopic (exact) mass is 219 g/mol. The summed E-state index contributed by atoms with van der Waals surface area (Å²) in [5, 5.41) is 3.52. The molecular formula is C13H21N3. The van der Waals surface area contributed by atoms with Gasteiger partial charge in [-0.15, -0.1) is 0 Å². The van der Waals surface area contributed by atoms with Crippen molar-refractivity contribution in [3.8, 4) is 0 Å². The molecule has 1 saturated heterocycles. The molecule has 1 aromatic rings. The summed E-state index contributed by atoms with van der Waals surface area (Å²) in [6.45, 7) is 8.92. The molecule has 0 bridgehead atoms. The van der Waals surface area contributed by atoms with Crippen molar-refractivity contribution in [2.75, 3.05) is 19.6 Å². The number of hydrogen-bond acceptors (Lipinski definition) is 3. The van der Waals surface area contributed by atoms with E-state index in [1.54, 1.807) is 0 Å². The van der Waals surface area contributed by atoms with Gasteiger partial charge in [-0.25, -0.2) is 0 Å². The Balaban J connectivity index is 2.00. The highest BCUT2D eigenvalue weighted by molar-refractivity contribution is 5.21. The molecule has 2 heterocycles. The van der Waals surface area contributed by atoms with Crippen molar-refractivity contribution in [3.05, 3.63) is 29.6 Å². The predicted octanol–water partition coefficient (Wildman–Crippen LogP) is 1.57. The third-order valence-corrected chi connectivity index (χ3v) is 3.22. The molecule has 88 valence electrons. The van der Waals surface area contributed by atoms with E-state index < -0.39 is 0 Å². The Morgan fingerprint density at radius 1 is 1.56 bits per heavy atom. The van der Waals surface area contributed by atoms with E-state index in [2.05, 4.69) is 35.1 Å². The minimum Gasteiger partial charge on any atom is -0.313 e. The van der Waals surface area contributed by atoms with Crippen LogP contribution in [-0.2, 0) is 6.54 Å². The van der Waals surface area contributed by atoms with Crippen molar-refractivity contribution in [1.82, 2.24) is 15.2 Å². The summed E-state index contributed by atoms with van der Waals surface area (Å²) in [6, 6.07) is 2.69. The highest BCUT2D eigenvalue weighted by Crippen LogP contribution is 2.11. The van der Waals surface area contributed by atoms with Gasteiger partial charge in [-0.2, -0.15) is 0 Å². The van der Waals surface area contributed by atoms with E-state index in [4.69, 9.17) is 0 Å². The lowest BCUT2D eigenvalue weighted by Crippen LogP contribution is -2.35. The van der Waals surface area contributed by atoms with Crippen LogP contribution in [-0.4, -0.2) is 35.6 Å². The summed E-state index contributed by atoms with van der Waals surface area (Å²) in [4.78, 5) is 6.73. The van der Waals surface area contributed by atoms with Gasteiger partial charge in [-0.3, -0.25) is 9.88 Å². The molecule has 1 aromatic heterocycles. The molecule has 16 heavy (non-hydrogen) atoms. The van der Waals surface area contributed by atoms with Gasteiger partial charge in [0.25, 0.3) is 0 Å². The highest BCUT2D eigenvalue weighted by atomic mass is 15.2. The number of hydrogen-bond donors (Lipinski definition) is 1. The molecule has 1 unspecified atom stereocenters. The Kier molecular flexibility index (Phi) is 3.91. The minimum absolute atomic E-state index is 0.597. The third-order valence-electron chi connectivity index (χ3n) is 3.22. The largest absolute Gasteiger partial charge is 0.313 e. The first-order chi connectivity index (χ1) is 7.75. The van der Waals surface area contributed by atoms with Gasteiger partial charge in [0.1, 0.15) is 0 Å². The van der Waals surface area contributed by atoms with E-state index in [-0.39, 0.29) is 0 Å². The Labute approximate surface area is 97.9 Å². The summed E-state index contributed by atoms with van der Waals surface area (Å²) in [5.74, 6) is 0. The molecule has 1 aliphatic rings. The lowest BCUT2D eigenvalue weighted by atomic mass is 10.1. The van der Waals surface area contributed by atoms with Crippen LogP contribution in [0.4, 0.5) is 0 Å². The topological polar surface area (TPSA) is 28.2 Å². The van der Waals surface area contributed by atoms with Gasteiger partial charge in [0.2, 0.25) is 0 Å². The SMILES string of the molecule is Cc1ccncc1CN1CCCNC(C)C1. The fraction of sp³-hybridized carbons (Fsp3) is 0.615. The molecule has 0 radical (unpaired) electrons. The van der Waals surface area contributed by atoms with Crippen LogP contribution in [0.5, 0.6) is 0 Å². The van der Waals surface area contributed by atoms with Gasteiger partial charge < -0.3 is 5.32 Å². The Bertz CT molecular complexity index is 338. The Hall–Kier alpha value is -0.930. The van der Waals surface area contributed by atoms with Crippen LogP contribution >= 0.6 is 0 Å². The Morgan fingerprint density at radius 2 is 2.44 bits per heavy atom. The zero-order valence-corrected chi connectivity index (χ0v) is 10.2. The number of rotatable bonds is 2. The molecule has 0 aromatic carbocycles. The van der Waals surface area contributed by atoms with E-state index in [0.29, 0.717) is 6.04 Å². The molecule has 1 aliphatic heterocycles. The summed E-state index contributed by atoms with van der Waals surface area (Å²) >= 11 is 0. The molecule has 3 nitrogen and oxygen atoms in total. The second-order valence-corrected chi connectivity index (χ2v) is 4.75. The van der Waals surface area contributed by atoms with Crippen molar-refractivity contribution < 1.29 is 0 Å². The highest BCUT2D eigenvalue weighted by Gasteiger charge is 2.14. The number of pyridine rings is 1. The van der Waals surface area contributed by atoms with Crippen LogP contribution in [0.15, 0.2) is 18.5 Å². The maximum Gasteiger partial charge on any atom is 0.0315 e. The van der Waals surface area contributed by atoms with Gasteiger partial charge in [-0.1, -0.05) is 0 Å². The second kappa shape index (κ2) is 5.41. The van der Waals surface area contributed by atoms with Crippen molar-refractivity contribution in [3.63, 3.8) is 0 Å². The van der Waals surface area contributed by atoms with Crippen molar-refractivity contribution >= 4 is 0 Å². The van der Waals surface area contributed by atoms with Crippen LogP contribution in [0.1, 0.15) is 24.5 Å². The number of aryl methyl sites for hydroxylation is 1. The second-order valence-electron chi connectivity index (χ2n) is 4.75. The number of aromatic nitrogens is 1. The molecule has 0 spiro atoms. The molecule has 1 atom stereocenters. The molecule has 0 saturated carbocycles. The number of nitrogens with one attached hydrogen (secondary N) is 1. The normalized spacial score (nSPS) is 23.0. The quantitative estimate of drug-likeness (QED) is 0.818. The summed E-state index contributed by atoms with van der Waals surface area (Å²) in [6.07, 6.45) is 5.10. The van der Waals surface area contributed by atoms with Crippen molar-refractivity contribution in [2.45, 2.75) is 32.9 Å². The smallest absolute Gasteiger partial charge is 0.0315 e. The van der Waals surface area contributed by atoms with Gasteiger partial charge in [0.05, 0.1) is 0 Å². The lowest BCUT2D eigenvalue weighted by Gasteiger charge is -2.22. The fourth-order valence-corrected chi connectivity index (χ4v) is 2.24. The third kappa shape index (κ3) is 3.03. The average molecular weight is 219 g/mol. The molecule has 1 N–H and O–H groups in total. The van der Waals surface area contributed by atoms with E-state index in [1.165, 1.54) is 24.1 Å². The van der Waals surface area contributed by atoms with E-state index >= 15 is 0 Å². The van der Waals surface area contributed by atoms with Crippen LogP contribution in [0.3, 0.4) is 0 Å². The molecule has 1 fully saturated rings. The van der Waals surface area contributed by atoms with Gasteiger partial charge >= 0.3 is 0 Å². The lowest BCUT2D eigenvalue weighted by molar-refractivity contribution is 0.264.